The van der Waals surface area contributed by atoms with Gasteiger partial charge < -0.3 is 24.4 Å². The fourth-order valence-corrected chi connectivity index (χ4v) is 4.05. The summed E-state index contributed by atoms with van der Waals surface area (Å²) in [7, 11) is 0. The molecule has 1 aromatic heterocycles. The van der Waals surface area contributed by atoms with Crippen molar-refractivity contribution in [2.24, 2.45) is 0 Å². The van der Waals surface area contributed by atoms with Gasteiger partial charge in [0.15, 0.2) is 6.29 Å². The number of ether oxygens (including phenoxy) is 2. The third-order valence-corrected chi connectivity index (χ3v) is 5.81. The Morgan fingerprint density at radius 3 is 2.87 bits per heavy atom. The number of rotatable bonds is 7. The topological polar surface area (TPSA) is 80.1 Å². The number of benzene rings is 1. The van der Waals surface area contributed by atoms with Crippen LogP contribution in [0.3, 0.4) is 0 Å². The number of nitrogens with zero attached hydrogens (tertiary/aromatic N) is 4. The summed E-state index contributed by atoms with van der Waals surface area (Å²) in [5, 5.41) is 13.9. The number of aliphatic hydroxyl groups excluding tert-OH is 1. The number of likely N-dealkylation sites (tertiary alicyclic amines) is 1. The molecule has 2 aromatic rings. The molecule has 1 amide bonds. The number of carbonyl (C=O) groups is 1. The summed E-state index contributed by atoms with van der Waals surface area (Å²) in [6.45, 7) is 6.26. The predicted octanol–water partition coefficient (Wildman–Crippen LogP) is 1.92. The highest BCUT2D eigenvalue weighted by atomic mass is 16.6. The zero-order chi connectivity index (χ0) is 20.9. The molecule has 0 saturated carbocycles. The van der Waals surface area contributed by atoms with E-state index in [4.69, 9.17) is 9.47 Å². The first-order valence-electron chi connectivity index (χ1n) is 10.7. The number of hydrogen-bond acceptors (Lipinski definition) is 6. The molecule has 2 saturated heterocycles. The number of aliphatic hydroxyl groups is 1. The summed E-state index contributed by atoms with van der Waals surface area (Å²) >= 11 is 0. The van der Waals surface area contributed by atoms with E-state index in [2.05, 4.69) is 16.9 Å². The molecule has 3 heterocycles. The van der Waals surface area contributed by atoms with E-state index in [0.29, 0.717) is 31.4 Å². The van der Waals surface area contributed by atoms with Gasteiger partial charge in [-0.2, -0.15) is 5.10 Å². The van der Waals surface area contributed by atoms with E-state index in [9.17, 15) is 9.90 Å². The van der Waals surface area contributed by atoms with Gasteiger partial charge in [-0.25, -0.2) is 4.68 Å². The standard InChI is InChI=1S/C22H30N4O4/c1-17-4-2-9-24(17)10-3-12-29-20-7-5-19(6-8-20)26-15-18(14-23-26)22(28)25-11-13-30-21(27)16-25/h5-8,14-15,17,21,27H,2-4,9-13,16H2,1H3. The van der Waals surface area contributed by atoms with Crippen LogP contribution >= 0.6 is 0 Å². The smallest absolute Gasteiger partial charge is 0.257 e. The second-order valence-electron chi connectivity index (χ2n) is 7.97. The molecule has 2 unspecified atom stereocenters. The third kappa shape index (κ3) is 5.00. The lowest BCUT2D eigenvalue weighted by molar-refractivity contribution is -0.137. The van der Waals surface area contributed by atoms with Crippen molar-refractivity contribution in [3.05, 3.63) is 42.2 Å². The summed E-state index contributed by atoms with van der Waals surface area (Å²) in [6.07, 6.45) is 5.96. The lowest BCUT2D eigenvalue weighted by Crippen LogP contribution is -2.45. The maximum atomic E-state index is 12.6. The zero-order valence-corrected chi connectivity index (χ0v) is 17.4. The van der Waals surface area contributed by atoms with Crippen LogP contribution < -0.4 is 4.74 Å². The normalized spacial score (nSPS) is 22.4. The van der Waals surface area contributed by atoms with Crippen LogP contribution in [0.4, 0.5) is 0 Å². The van der Waals surface area contributed by atoms with Gasteiger partial charge in [0.1, 0.15) is 5.75 Å². The van der Waals surface area contributed by atoms with Crippen LogP contribution in [-0.2, 0) is 4.74 Å². The van der Waals surface area contributed by atoms with Gasteiger partial charge in [-0.3, -0.25) is 4.79 Å². The maximum Gasteiger partial charge on any atom is 0.257 e. The quantitative estimate of drug-likeness (QED) is 0.698. The summed E-state index contributed by atoms with van der Waals surface area (Å²) in [4.78, 5) is 16.7. The molecule has 0 bridgehead atoms. The maximum absolute atomic E-state index is 12.6. The highest BCUT2D eigenvalue weighted by molar-refractivity contribution is 5.93. The molecule has 1 N–H and O–H groups in total. The molecular weight excluding hydrogens is 384 g/mol. The van der Waals surface area contributed by atoms with E-state index in [1.807, 2.05) is 24.3 Å². The first-order valence-corrected chi connectivity index (χ1v) is 10.7. The zero-order valence-electron chi connectivity index (χ0n) is 17.4. The van der Waals surface area contributed by atoms with Gasteiger partial charge >= 0.3 is 0 Å². The summed E-state index contributed by atoms with van der Waals surface area (Å²) in [5.74, 6) is 0.676. The largest absolute Gasteiger partial charge is 0.494 e. The van der Waals surface area contributed by atoms with Crippen molar-refractivity contribution in [2.45, 2.75) is 38.5 Å². The molecule has 2 aliphatic rings. The van der Waals surface area contributed by atoms with E-state index in [1.54, 1.807) is 22.0 Å². The predicted molar refractivity (Wildman–Crippen MR) is 112 cm³/mol. The van der Waals surface area contributed by atoms with Crippen molar-refractivity contribution in [3.8, 4) is 11.4 Å². The van der Waals surface area contributed by atoms with Crippen LogP contribution in [0.2, 0.25) is 0 Å². The third-order valence-electron chi connectivity index (χ3n) is 5.81. The minimum absolute atomic E-state index is 0.157. The van der Waals surface area contributed by atoms with E-state index >= 15 is 0 Å². The van der Waals surface area contributed by atoms with Crippen molar-refractivity contribution in [1.82, 2.24) is 19.6 Å². The van der Waals surface area contributed by atoms with Crippen molar-refractivity contribution >= 4 is 5.91 Å². The second kappa shape index (κ2) is 9.59. The average Bonchev–Trinajstić information content (AvgIpc) is 3.41. The van der Waals surface area contributed by atoms with Gasteiger partial charge in [-0.15, -0.1) is 0 Å². The first-order chi connectivity index (χ1) is 14.6. The van der Waals surface area contributed by atoms with Crippen LogP contribution in [0.1, 0.15) is 36.5 Å². The van der Waals surface area contributed by atoms with Crippen molar-refractivity contribution in [3.63, 3.8) is 0 Å². The molecule has 4 rings (SSSR count). The average molecular weight is 415 g/mol. The molecule has 2 aliphatic heterocycles. The number of carbonyl (C=O) groups excluding carboxylic acids is 1. The van der Waals surface area contributed by atoms with Crippen molar-refractivity contribution in [2.75, 3.05) is 39.4 Å². The van der Waals surface area contributed by atoms with Crippen LogP contribution in [0.5, 0.6) is 5.75 Å². The monoisotopic (exact) mass is 414 g/mol. The molecule has 0 radical (unpaired) electrons. The Bertz CT molecular complexity index is 838. The summed E-state index contributed by atoms with van der Waals surface area (Å²) in [5.41, 5.74) is 1.34. The highest BCUT2D eigenvalue weighted by Crippen LogP contribution is 2.18. The van der Waals surface area contributed by atoms with Gasteiger partial charge in [0.25, 0.3) is 5.91 Å². The Morgan fingerprint density at radius 1 is 1.30 bits per heavy atom. The van der Waals surface area contributed by atoms with Crippen LogP contribution in [-0.4, -0.2) is 82.3 Å². The number of amides is 1. The lowest BCUT2D eigenvalue weighted by atomic mass is 10.2. The van der Waals surface area contributed by atoms with Gasteiger partial charge in [0.05, 0.1) is 37.2 Å². The Labute approximate surface area is 177 Å². The molecule has 8 heteroatoms. The number of morpholine rings is 1. The highest BCUT2D eigenvalue weighted by Gasteiger charge is 2.24. The Hall–Kier alpha value is -2.42. The minimum atomic E-state index is -0.927. The van der Waals surface area contributed by atoms with Crippen LogP contribution in [0, 0.1) is 0 Å². The molecule has 0 spiro atoms. The minimum Gasteiger partial charge on any atom is -0.494 e. The Kier molecular flexibility index (Phi) is 6.66. The summed E-state index contributed by atoms with van der Waals surface area (Å²) < 4.78 is 12.6. The number of β-amino-alcohol motifs (C(OH)–C–C–N with tert-alkyl or cyclic N) is 1. The van der Waals surface area contributed by atoms with Gasteiger partial charge in [0, 0.05) is 25.3 Å². The van der Waals surface area contributed by atoms with Crippen molar-refractivity contribution in [1.29, 1.82) is 0 Å². The second-order valence-corrected chi connectivity index (χ2v) is 7.97. The van der Waals surface area contributed by atoms with Crippen molar-refractivity contribution < 1.29 is 19.4 Å². The van der Waals surface area contributed by atoms with E-state index < -0.39 is 6.29 Å². The molecule has 162 valence electrons. The Balaban J connectivity index is 1.28. The van der Waals surface area contributed by atoms with E-state index in [1.165, 1.54) is 19.4 Å². The summed E-state index contributed by atoms with van der Waals surface area (Å²) in [6, 6.07) is 8.41. The van der Waals surface area contributed by atoms with E-state index in [-0.39, 0.29) is 12.5 Å². The fourth-order valence-electron chi connectivity index (χ4n) is 4.05. The molecule has 2 atom stereocenters. The van der Waals surface area contributed by atoms with Gasteiger partial charge in [0.2, 0.25) is 0 Å². The molecule has 30 heavy (non-hydrogen) atoms. The molecule has 8 nitrogen and oxygen atoms in total. The molecule has 0 aliphatic carbocycles. The number of hydrogen-bond donors (Lipinski definition) is 1. The lowest BCUT2D eigenvalue weighted by Gasteiger charge is -2.29. The molecular formula is C22H30N4O4. The van der Waals surface area contributed by atoms with Crippen LogP contribution in [0.15, 0.2) is 36.7 Å². The van der Waals surface area contributed by atoms with Gasteiger partial charge in [-0.05, 0) is 57.0 Å². The molecule has 1 aromatic carbocycles. The van der Waals surface area contributed by atoms with E-state index in [0.717, 1.165) is 24.4 Å². The Morgan fingerprint density at radius 2 is 2.13 bits per heavy atom. The SMILES string of the molecule is CC1CCCN1CCCOc1ccc(-n2cc(C(=O)N3CCOC(O)C3)cn2)cc1. The van der Waals surface area contributed by atoms with Crippen LogP contribution in [0.25, 0.3) is 5.69 Å². The van der Waals surface area contributed by atoms with Gasteiger partial charge in [-0.1, -0.05) is 0 Å². The first kappa shape index (κ1) is 20.8. The fraction of sp³-hybridized carbons (Fsp3) is 0.545. The number of aromatic nitrogens is 2. The molecule has 2 fully saturated rings.